The number of carboxylic acids is 1. The normalized spacial score (nSPS) is 10.0. The van der Waals surface area contributed by atoms with Crippen molar-refractivity contribution in [2.75, 3.05) is 13.2 Å². The molecular weight excluding hydrogens is 310 g/mol. The van der Waals surface area contributed by atoms with Crippen LogP contribution in [0.4, 0.5) is 4.79 Å². The van der Waals surface area contributed by atoms with Crippen LogP contribution in [0, 0.1) is 6.92 Å². The molecule has 0 heterocycles. The molecule has 0 saturated carbocycles. The quantitative estimate of drug-likeness (QED) is 0.763. The van der Waals surface area contributed by atoms with Crippen molar-refractivity contribution in [1.82, 2.24) is 5.32 Å². The molecule has 6 heteroatoms. The zero-order chi connectivity index (χ0) is 17.4. The molecule has 24 heavy (non-hydrogen) atoms. The highest BCUT2D eigenvalue weighted by atomic mass is 16.5. The fraction of sp³-hybridized carbons (Fsp3) is 0.222. The summed E-state index contributed by atoms with van der Waals surface area (Å²) in [7, 11) is 0. The van der Waals surface area contributed by atoms with Crippen molar-refractivity contribution >= 4 is 12.1 Å². The first kappa shape index (κ1) is 17.3. The molecule has 0 atom stereocenters. The fourth-order valence-electron chi connectivity index (χ4n) is 2.03. The van der Waals surface area contributed by atoms with E-state index in [2.05, 4.69) is 5.32 Å². The van der Waals surface area contributed by atoms with E-state index in [1.165, 1.54) is 6.07 Å². The predicted octanol–water partition coefficient (Wildman–Crippen LogP) is 3.00. The number of amides is 1. The summed E-state index contributed by atoms with van der Waals surface area (Å²) in [5.74, 6) is -0.396. The molecule has 1 amide bonds. The van der Waals surface area contributed by atoms with Crippen molar-refractivity contribution in [3.8, 4) is 5.75 Å². The van der Waals surface area contributed by atoms with Crippen LogP contribution in [0.2, 0.25) is 0 Å². The zero-order valence-electron chi connectivity index (χ0n) is 13.3. The van der Waals surface area contributed by atoms with Gasteiger partial charge >= 0.3 is 12.1 Å². The first-order chi connectivity index (χ1) is 11.6. The summed E-state index contributed by atoms with van der Waals surface area (Å²) in [5, 5.41) is 11.5. The highest BCUT2D eigenvalue weighted by molar-refractivity contribution is 5.88. The number of benzene rings is 2. The van der Waals surface area contributed by atoms with Crippen molar-refractivity contribution in [2.45, 2.75) is 13.5 Å². The molecule has 6 nitrogen and oxygen atoms in total. The Balaban J connectivity index is 1.69. The van der Waals surface area contributed by atoms with E-state index < -0.39 is 12.1 Å². The van der Waals surface area contributed by atoms with Gasteiger partial charge in [-0.05, 0) is 36.2 Å². The van der Waals surface area contributed by atoms with Crippen molar-refractivity contribution in [1.29, 1.82) is 0 Å². The van der Waals surface area contributed by atoms with Gasteiger partial charge in [-0.3, -0.25) is 0 Å². The van der Waals surface area contributed by atoms with E-state index in [-0.39, 0.29) is 25.3 Å². The van der Waals surface area contributed by atoms with Gasteiger partial charge in [-0.1, -0.05) is 30.3 Å². The van der Waals surface area contributed by atoms with Crippen LogP contribution in [0.15, 0.2) is 48.5 Å². The highest BCUT2D eigenvalue weighted by Gasteiger charge is 2.07. The second kappa shape index (κ2) is 8.57. The number of ether oxygens (including phenoxy) is 2. The molecule has 0 saturated heterocycles. The maximum atomic E-state index is 11.6. The van der Waals surface area contributed by atoms with Gasteiger partial charge in [-0.15, -0.1) is 0 Å². The number of carboxylic acid groups (broad SMARTS) is 1. The molecule has 126 valence electrons. The third kappa shape index (κ3) is 5.31. The molecule has 0 aliphatic rings. The number of hydrogen-bond donors (Lipinski definition) is 2. The molecule has 0 bridgehead atoms. The molecule has 0 aliphatic heterocycles. The van der Waals surface area contributed by atoms with Crippen molar-refractivity contribution < 1.29 is 24.2 Å². The van der Waals surface area contributed by atoms with Crippen molar-refractivity contribution in [3.63, 3.8) is 0 Å². The van der Waals surface area contributed by atoms with Crippen LogP contribution in [0.5, 0.6) is 5.75 Å². The van der Waals surface area contributed by atoms with Crippen LogP contribution in [-0.4, -0.2) is 30.3 Å². The number of carbonyl (C=O) groups excluding carboxylic acids is 1. The minimum Gasteiger partial charge on any atom is -0.491 e. The average Bonchev–Trinajstić information content (AvgIpc) is 2.58. The summed E-state index contributed by atoms with van der Waals surface area (Å²) in [6.45, 7) is 2.52. The first-order valence-corrected chi connectivity index (χ1v) is 7.47. The summed E-state index contributed by atoms with van der Waals surface area (Å²) < 4.78 is 10.6. The van der Waals surface area contributed by atoms with E-state index in [0.29, 0.717) is 5.75 Å². The molecule has 2 rings (SSSR count). The number of hydrogen-bond acceptors (Lipinski definition) is 4. The molecule has 2 aromatic carbocycles. The molecular formula is C18H19NO5. The molecule has 2 aromatic rings. The number of aryl methyl sites for hydroxylation is 1. The third-order valence-corrected chi connectivity index (χ3v) is 3.26. The molecule has 0 spiro atoms. The molecule has 0 unspecified atom stereocenters. The van der Waals surface area contributed by atoms with E-state index in [9.17, 15) is 9.59 Å². The van der Waals surface area contributed by atoms with Gasteiger partial charge in [0.1, 0.15) is 19.0 Å². The predicted molar refractivity (Wildman–Crippen MR) is 88.3 cm³/mol. The Morgan fingerprint density at radius 2 is 1.88 bits per heavy atom. The number of alkyl carbamates (subject to hydrolysis) is 1. The fourth-order valence-corrected chi connectivity index (χ4v) is 2.03. The second-order valence-corrected chi connectivity index (χ2v) is 5.12. The van der Waals surface area contributed by atoms with Crippen LogP contribution in [0.3, 0.4) is 0 Å². The summed E-state index contributed by atoms with van der Waals surface area (Å²) in [5.41, 5.74) is 1.85. The number of nitrogens with one attached hydrogen (secondary N) is 1. The van der Waals surface area contributed by atoms with Crippen LogP contribution in [0.1, 0.15) is 21.5 Å². The lowest BCUT2D eigenvalue weighted by atomic mass is 10.1. The third-order valence-electron chi connectivity index (χ3n) is 3.26. The summed E-state index contributed by atoms with van der Waals surface area (Å²) >= 11 is 0. The topological polar surface area (TPSA) is 84.9 Å². The first-order valence-electron chi connectivity index (χ1n) is 7.47. The highest BCUT2D eigenvalue weighted by Crippen LogP contribution is 2.18. The van der Waals surface area contributed by atoms with E-state index in [4.69, 9.17) is 14.6 Å². The number of aromatic carboxylic acids is 1. The van der Waals surface area contributed by atoms with Crippen LogP contribution in [0.25, 0.3) is 0 Å². The summed E-state index contributed by atoms with van der Waals surface area (Å²) in [4.78, 5) is 22.4. The standard InChI is InChI=1S/C18H19NO5/c1-13-11-15(17(20)21)7-8-16(13)23-10-9-19-18(22)24-12-14-5-3-2-4-6-14/h2-8,11H,9-10,12H2,1H3,(H,19,22)(H,20,21). The van der Waals surface area contributed by atoms with E-state index in [0.717, 1.165) is 11.1 Å². The van der Waals surface area contributed by atoms with Gasteiger partial charge in [0.05, 0.1) is 12.1 Å². The Labute approximate surface area is 140 Å². The maximum absolute atomic E-state index is 11.6. The van der Waals surface area contributed by atoms with Gasteiger partial charge < -0.3 is 19.9 Å². The van der Waals surface area contributed by atoms with E-state index in [1.807, 2.05) is 30.3 Å². The zero-order valence-corrected chi connectivity index (χ0v) is 13.3. The second-order valence-electron chi connectivity index (χ2n) is 5.12. The van der Waals surface area contributed by atoms with Gasteiger partial charge in [0.25, 0.3) is 0 Å². The monoisotopic (exact) mass is 329 g/mol. The summed E-state index contributed by atoms with van der Waals surface area (Å²) in [6, 6.07) is 14.0. The van der Waals surface area contributed by atoms with Gasteiger partial charge in [-0.25, -0.2) is 9.59 Å². The van der Waals surface area contributed by atoms with Crippen molar-refractivity contribution in [2.24, 2.45) is 0 Å². The lowest BCUT2D eigenvalue weighted by molar-refractivity contribution is 0.0696. The minimum atomic E-state index is -0.979. The van der Waals surface area contributed by atoms with Crippen LogP contribution >= 0.6 is 0 Å². The molecule has 2 N–H and O–H groups in total. The average molecular weight is 329 g/mol. The van der Waals surface area contributed by atoms with Crippen LogP contribution < -0.4 is 10.1 Å². The Bertz CT molecular complexity index is 700. The smallest absolute Gasteiger partial charge is 0.407 e. The molecule has 0 aliphatic carbocycles. The Morgan fingerprint density at radius 1 is 1.12 bits per heavy atom. The number of carbonyl (C=O) groups is 2. The lowest BCUT2D eigenvalue weighted by Gasteiger charge is -2.11. The Kier molecular flexibility index (Phi) is 6.19. The maximum Gasteiger partial charge on any atom is 0.407 e. The van der Waals surface area contributed by atoms with Crippen LogP contribution in [-0.2, 0) is 11.3 Å². The van der Waals surface area contributed by atoms with E-state index >= 15 is 0 Å². The Hall–Kier alpha value is -3.02. The number of rotatable bonds is 7. The lowest BCUT2D eigenvalue weighted by Crippen LogP contribution is -2.28. The molecule has 0 fully saturated rings. The van der Waals surface area contributed by atoms with Gasteiger partial charge in [-0.2, -0.15) is 0 Å². The SMILES string of the molecule is Cc1cc(C(=O)O)ccc1OCCNC(=O)OCc1ccccc1. The van der Waals surface area contributed by atoms with E-state index in [1.54, 1.807) is 19.1 Å². The van der Waals surface area contributed by atoms with Crippen molar-refractivity contribution in [3.05, 3.63) is 65.2 Å². The van der Waals surface area contributed by atoms with Gasteiger partial charge in [0, 0.05) is 0 Å². The molecule has 0 radical (unpaired) electrons. The largest absolute Gasteiger partial charge is 0.491 e. The molecule has 0 aromatic heterocycles. The Morgan fingerprint density at radius 3 is 2.54 bits per heavy atom. The van der Waals surface area contributed by atoms with Gasteiger partial charge in [0.2, 0.25) is 0 Å². The minimum absolute atomic E-state index is 0.211. The summed E-state index contributed by atoms with van der Waals surface area (Å²) in [6.07, 6.45) is -0.514. The van der Waals surface area contributed by atoms with Gasteiger partial charge in [0.15, 0.2) is 0 Å².